The fourth-order valence-corrected chi connectivity index (χ4v) is 1.31. The molecule has 1 nitrogen and oxygen atoms in total. The van der Waals surface area contributed by atoms with Crippen molar-refractivity contribution in [2.24, 2.45) is 0 Å². The first-order valence-electron chi connectivity index (χ1n) is 4.12. The van der Waals surface area contributed by atoms with Gasteiger partial charge in [0.05, 0.1) is 5.88 Å². The van der Waals surface area contributed by atoms with Crippen LogP contribution in [-0.4, -0.2) is 13.3 Å². The van der Waals surface area contributed by atoms with Gasteiger partial charge in [0.1, 0.15) is 19.0 Å². The number of aryl methyl sites for hydroxylation is 1. The first-order valence-corrected chi connectivity index (χ1v) is 4.65. The van der Waals surface area contributed by atoms with E-state index in [4.69, 9.17) is 16.3 Å². The van der Waals surface area contributed by atoms with E-state index in [0.717, 1.165) is 11.1 Å². The van der Waals surface area contributed by atoms with Gasteiger partial charge >= 0.3 is 0 Å². The van der Waals surface area contributed by atoms with Crippen LogP contribution in [0.15, 0.2) is 18.2 Å². The van der Waals surface area contributed by atoms with Gasteiger partial charge in [-0.2, -0.15) is 0 Å². The summed E-state index contributed by atoms with van der Waals surface area (Å²) in [6.07, 6.45) is 0. The van der Waals surface area contributed by atoms with E-state index in [9.17, 15) is 4.39 Å². The van der Waals surface area contributed by atoms with Crippen molar-refractivity contribution in [3.8, 4) is 5.75 Å². The molecule has 3 heteroatoms. The summed E-state index contributed by atoms with van der Waals surface area (Å²) in [5.41, 5.74) is 2.04. The Kier molecular flexibility index (Phi) is 4.03. The van der Waals surface area contributed by atoms with E-state index in [1.54, 1.807) is 0 Å². The Balaban J connectivity index is 2.79. The topological polar surface area (TPSA) is 9.23 Å². The summed E-state index contributed by atoms with van der Waals surface area (Å²) in [6, 6.07) is 5.69. The molecule has 0 fully saturated rings. The van der Waals surface area contributed by atoms with Gasteiger partial charge in [-0.15, -0.1) is 11.6 Å². The fraction of sp³-hybridized carbons (Fsp3) is 0.400. The lowest BCUT2D eigenvalue weighted by Crippen LogP contribution is -2.01. The van der Waals surface area contributed by atoms with Crippen LogP contribution in [0.5, 0.6) is 5.75 Å². The Morgan fingerprint density at radius 1 is 1.46 bits per heavy atom. The van der Waals surface area contributed by atoms with E-state index >= 15 is 0 Å². The second-order valence-electron chi connectivity index (χ2n) is 2.78. The molecule has 0 aliphatic rings. The van der Waals surface area contributed by atoms with Gasteiger partial charge in [0.2, 0.25) is 0 Å². The van der Waals surface area contributed by atoms with Crippen molar-refractivity contribution >= 4 is 11.6 Å². The summed E-state index contributed by atoms with van der Waals surface area (Å²) in [7, 11) is 0. The number of halogens is 2. The first-order chi connectivity index (χ1) is 6.27. The van der Waals surface area contributed by atoms with Gasteiger partial charge in [0.25, 0.3) is 0 Å². The van der Waals surface area contributed by atoms with Crippen LogP contribution in [0.3, 0.4) is 0 Å². The first kappa shape index (κ1) is 10.3. The Morgan fingerprint density at radius 3 is 2.85 bits per heavy atom. The fourth-order valence-electron chi connectivity index (χ4n) is 1.10. The van der Waals surface area contributed by atoms with E-state index in [1.807, 2.05) is 25.1 Å². The number of hydrogen-bond acceptors (Lipinski definition) is 1. The van der Waals surface area contributed by atoms with Gasteiger partial charge in [-0.25, -0.2) is 4.39 Å². The third-order valence-corrected chi connectivity index (χ3v) is 1.98. The summed E-state index contributed by atoms with van der Waals surface area (Å²) < 4.78 is 17.0. The van der Waals surface area contributed by atoms with Gasteiger partial charge in [0.15, 0.2) is 0 Å². The van der Waals surface area contributed by atoms with Gasteiger partial charge in [-0.05, 0) is 13.0 Å². The van der Waals surface area contributed by atoms with Crippen molar-refractivity contribution in [1.82, 2.24) is 0 Å². The highest BCUT2D eigenvalue weighted by Crippen LogP contribution is 2.21. The van der Waals surface area contributed by atoms with Crippen molar-refractivity contribution in [2.75, 3.05) is 13.3 Å². The summed E-state index contributed by atoms with van der Waals surface area (Å²) in [4.78, 5) is 0. The van der Waals surface area contributed by atoms with Crippen LogP contribution in [0.2, 0.25) is 0 Å². The van der Waals surface area contributed by atoms with Crippen molar-refractivity contribution < 1.29 is 9.13 Å². The highest BCUT2D eigenvalue weighted by Gasteiger charge is 2.02. The van der Waals surface area contributed by atoms with Crippen LogP contribution in [0.1, 0.15) is 11.1 Å². The Labute approximate surface area is 82.5 Å². The van der Waals surface area contributed by atoms with Crippen LogP contribution in [0.4, 0.5) is 4.39 Å². The molecule has 0 saturated heterocycles. The molecule has 72 valence electrons. The van der Waals surface area contributed by atoms with Crippen molar-refractivity contribution in [3.63, 3.8) is 0 Å². The molecule has 1 rings (SSSR count). The van der Waals surface area contributed by atoms with Crippen molar-refractivity contribution in [3.05, 3.63) is 29.3 Å². The van der Waals surface area contributed by atoms with E-state index in [1.165, 1.54) is 0 Å². The highest BCUT2D eigenvalue weighted by atomic mass is 35.5. The molecule has 0 aromatic heterocycles. The SMILES string of the molecule is Cc1ccc(OCCF)c(CCl)c1. The average Bonchev–Trinajstić information content (AvgIpc) is 2.16. The monoisotopic (exact) mass is 202 g/mol. The van der Waals surface area contributed by atoms with E-state index < -0.39 is 6.67 Å². The minimum atomic E-state index is -0.477. The van der Waals surface area contributed by atoms with Gasteiger partial charge < -0.3 is 4.74 Å². The third-order valence-electron chi connectivity index (χ3n) is 1.69. The normalized spacial score (nSPS) is 10.1. The zero-order valence-electron chi connectivity index (χ0n) is 7.52. The molecule has 0 unspecified atom stereocenters. The molecule has 0 spiro atoms. The van der Waals surface area contributed by atoms with Crippen LogP contribution in [0, 0.1) is 6.92 Å². The third kappa shape index (κ3) is 2.88. The molecule has 0 saturated carbocycles. The molecule has 1 aromatic rings. The zero-order chi connectivity index (χ0) is 9.68. The Bertz CT molecular complexity index is 276. The average molecular weight is 203 g/mol. The predicted molar refractivity (Wildman–Crippen MR) is 52.2 cm³/mol. The summed E-state index contributed by atoms with van der Waals surface area (Å²) in [6.45, 7) is 1.59. The van der Waals surface area contributed by atoms with Gasteiger partial charge in [-0.3, -0.25) is 0 Å². The molecule has 0 aliphatic carbocycles. The van der Waals surface area contributed by atoms with Crippen molar-refractivity contribution in [2.45, 2.75) is 12.8 Å². The molecule has 0 N–H and O–H groups in total. The number of rotatable bonds is 4. The van der Waals surface area contributed by atoms with Crippen molar-refractivity contribution in [1.29, 1.82) is 0 Å². The minimum Gasteiger partial charge on any atom is -0.491 e. The Hall–Kier alpha value is -0.760. The molecule has 13 heavy (non-hydrogen) atoms. The number of ether oxygens (including phenoxy) is 1. The minimum absolute atomic E-state index is 0.0902. The molecule has 0 heterocycles. The van der Waals surface area contributed by atoms with E-state index in [-0.39, 0.29) is 6.61 Å². The second-order valence-corrected chi connectivity index (χ2v) is 3.05. The highest BCUT2D eigenvalue weighted by molar-refractivity contribution is 6.17. The lowest BCUT2D eigenvalue weighted by Gasteiger charge is -2.08. The standard InChI is InChI=1S/C10H12ClFO/c1-8-2-3-10(13-5-4-12)9(6-8)7-11/h2-3,6H,4-5,7H2,1H3. The number of hydrogen-bond donors (Lipinski definition) is 0. The molecule has 0 atom stereocenters. The largest absolute Gasteiger partial charge is 0.491 e. The molecular formula is C10H12ClFO. The Morgan fingerprint density at radius 2 is 2.23 bits per heavy atom. The molecule has 1 aromatic carbocycles. The zero-order valence-corrected chi connectivity index (χ0v) is 8.27. The summed E-state index contributed by atoms with van der Waals surface area (Å²) in [5.74, 6) is 1.07. The summed E-state index contributed by atoms with van der Waals surface area (Å²) >= 11 is 5.71. The summed E-state index contributed by atoms with van der Waals surface area (Å²) in [5, 5.41) is 0. The lowest BCUT2D eigenvalue weighted by atomic mass is 10.1. The van der Waals surface area contributed by atoms with Crippen LogP contribution in [0.25, 0.3) is 0 Å². The number of benzene rings is 1. The van der Waals surface area contributed by atoms with Gasteiger partial charge in [-0.1, -0.05) is 17.7 Å². The lowest BCUT2D eigenvalue weighted by molar-refractivity contribution is 0.271. The number of alkyl halides is 2. The molecule has 0 amide bonds. The maximum absolute atomic E-state index is 11.8. The maximum atomic E-state index is 11.8. The second kappa shape index (κ2) is 5.07. The van der Waals surface area contributed by atoms with Crippen LogP contribution >= 0.6 is 11.6 Å². The van der Waals surface area contributed by atoms with E-state index in [2.05, 4.69) is 0 Å². The molecular weight excluding hydrogens is 191 g/mol. The van der Waals surface area contributed by atoms with Crippen LogP contribution in [-0.2, 0) is 5.88 Å². The molecule has 0 aliphatic heterocycles. The van der Waals surface area contributed by atoms with Crippen LogP contribution < -0.4 is 4.74 Å². The van der Waals surface area contributed by atoms with Gasteiger partial charge in [0, 0.05) is 5.56 Å². The quantitative estimate of drug-likeness (QED) is 0.682. The maximum Gasteiger partial charge on any atom is 0.123 e. The molecule has 0 radical (unpaired) electrons. The molecule has 0 bridgehead atoms. The van der Waals surface area contributed by atoms with E-state index in [0.29, 0.717) is 11.6 Å². The smallest absolute Gasteiger partial charge is 0.123 e. The predicted octanol–water partition coefficient (Wildman–Crippen LogP) is 3.08.